The fourth-order valence-electron chi connectivity index (χ4n) is 4.00. The first-order valence-corrected chi connectivity index (χ1v) is 10.0. The summed E-state index contributed by atoms with van der Waals surface area (Å²) >= 11 is 0. The van der Waals surface area contributed by atoms with Gasteiger partial charge in [-0.05, 0) is 12.5 Å². The van der Waals surface area contributed by atoms with Crippen molar-refractivity contribution >= 4 is 28.8 Å². The minimum atomic E-state index is -2.71. The summed E-state index contributed by atoms with van der Waals surface area (Å²) in [5.41, 5.74) is 1.02. The lowest BCUT2D eigenvalue weighted by atomic mass is 9.88. The smallest absolute Gasteiger partial charge is 0.255 e. The third kappa shape index (κ3) is 4.36. The fraction of sp³-hybridized carbons (Fsp3) is 0.500. The predicted molar refractivity (Wildman–Crippen MR) is 109 cm³/mol. The van der Waals surface area contributed by atoms with Gasteiger partial charge in [0.15, 0.2) is 5.65 Å². The number of H-pyrrole nitrogens is 1. The number of hydrogen-bond acceptors (Lipinski definition) is 6. The number of ether oxygens (including phenoxy) is 1. The van der Waals surface area contributed by atoms with Crippen LogP contribution in [-0.4, -0.2) is 76.0 Å². The molecular weight excluding hydrogens is 410 g/mol. The van der Waals surface area contributed by atoms with Crippen LogP contribution in [0.25, 0.3) is 11.2 Å². The molecule has 11 heteroatoms. The van der Waals surface area contributed by atoms with Crippen LogP contribution in [0, 0.1) is 0 Å². The first kappa shape index (κ1) is 21.2. The van der Waals surface area contributed by atoms with Crippen LogP contribution >= 0.6 is 0 Å². The van der Waals surface area contributed by atoms with Crippen LogP contribution in [-0.2, 0) is 9.53 Å². The molecular formula is C20H24F2N6O3. The summed E-state index contributed by atoms with van der Waals surface area (Å²) in [5.74, 6) is -2.87. The first-order valence-electron chi connectivity index (χ1n) is 10.0. The quantitative estimate of drug-likeness (QED) is 0.597. The molecule has 2 aromatic rings. The molecule has 0 aromatic carbocycles. The molecule has 9 nitrogen and oxygen atoms in total. The second-order valence-electron chi connectivity index (χ2n) is 7.89. The Morgan fingerprint density at radius 2 is 2.19 bits per heavy atom. The van der Waals surface area contributed by atoms with Crippen LogP contribution in [0.5, 0.6) is 0 Å². The number of amides is 2. The number of alkyl halides is 2. The van der Waals surface area contributed by atoms with Gasteiger partial charge in [-0.1, -0.05) is 6.58 Å². The average Bonchev–Trinajstić information content (AvgIpc) is 3.15. The normalized spacial score (nSPS) is 23.3. The number of nitrogens with one attached hydrogen (secondary N) is 3. The van der Waals surface area contributed by atoms with Crippen molar-refractivity contribution in [3.05, 3.63) is 30.6 Å². The highest BCUT2D eigenvalue weighted by molar-refractivity contribution is 6.04. The van der Waals surface area contributed by atoms with Crippen LogP contribution in [0.1, 0.15) is 29.6 Å². The van der Waals surface area contributed by atoms with Gasteiger partial charge in [0.05, 0.1) is 23.9 Å². The Morgan fingerprint density at radius 3 is 2.87 bits per heavy atom. The van der Waals surface area contributed by atoms with Crippen molar-refractivity contribution in [3.63, 3.8) is 0 Å². The summed E-state index contributed by atoms with van der Waals surface area (Å²) in [4.78, 5) is 37.8. The molecule has 1 aliphatic carbocycles. The lowest BCUT2D eigenvalue weighted by molar-refractivity contribution is -0.129. The standard InChI is InChI=1S/C20H24F2N6O3/c1-3-16(29)28-5-4-13(14(10-28)31-2)26-15-9-24-18-17(27-15)12(8-23-18)19(30)25-11-6-20(21,22)7-11/h3,8-9,11,13-14H,1,4-7,10H2,2H3,(H,23,24)(H,25,30)(H,26,27)/t13-,14+/m0/s1. The Balaban J connectivity index is 1.46. The van der Waals surface area contributed by atoms with E-state index in [2.05, 4.69) is 32.2 Å². The zero-order chi connectivity index (χ0) is 22.2. The maximum atomic E-state index is 13.0. The van der Waals surface area contributed by atoms with Crippen molar-refractivity contribution in [2.24, 2.45) is 0 Å². The number of carbonyl (C=O) groups excluding carboxylic acids is 2. The summed E-state index contributed by atoms with van der Waals surface area (Å²) < 4.78 is 31.6. The highest BCUT2D eigenvalue weighted by Gasteiger charge is 2.46. The number of aromatic nitrogens is 3. The van der Waals surface area contributed by atoms with Crippen molar-refractivity contribution in [1.29, 1.82) is 0 Å². The second kappa shape index (κ2) is 8.22. The molecule has 0 unspecified atom stereocenters. The first-order chi connectivity index (χ1) is 14.8. The molecule has 1 saturated carbocycles. The van der Waals surface area contributed by atoms with Crippen molar-refractivity contribution in [2.75, 3.05) is 25.5 Å². The maximum absolute atomic E-state index is 13.0. The maximum Gasteiger partial charge on any atom is 0.255 e. The van der Waals surface area contributed by atoms with E-state index in [9.17, 15) is 18.4 Å². The van der Waals surface area contributed by atoms with Gasteiger partial charge in [-0.15, -0.1) is 0 Å². The summed E-state index contributed by atoms with van der Waals surface area (Å²) in [6.07, 6.45) is 3.95. The van der Waals surface area contributed by atoms with Gasteiger partial charge in [0, 0.05) is 45.3 Å². The van der Waals surface area contributed by atoms with Gasteiger partial charge in [-0.25, -0.2) is 18.7 Å². The molecule has 2 atom stereocenters. The van der Waals surface area contributed by atoms with Crippen LogP contribution in [0.15, 0.2) is 25.0 Å². The van der Waals surface area contributed by atoms with E-state index in [0.717, 1.165) is 0 Å². The van der Waals surface area contributed by atoms with Crippen molar-refractivity contribution in [3.8, 4) is 0 Å². The highest BCUT2D eigenvalue weighted by Crippen LogP contribution is 2.37. The number of carbonyl (C=O) groups is 2. The average molecular weight is 434 g/mol. The second-order valence-corrected chi connectivity index (χ2v) is 7.89. The molecule has 2 aliphatic rings. The van der Waals surface area contributed by atoms with Gasteiger partial charge in [-0.3, -0.25) is 9.59 Å². The van der Waals surface area contributed by atoms with E-state index in [1.807, 2.05) is 0 Å². The lowest BCUT2D eigenvalue weighted by Crippen LogP contribution is -2.52. The third-order valence-corrected chi connectivity index (χ3v) is 5.73. The molecule has 0 radical (unpaired) electrons. The Kier molecular flexibility index (Phi) is 5.61. The predicted octanol–water partition coefficient (Wildman–Crippen LogP) is 1.70. The van der Waals surface area contributed by atoms with E-state index < -0.39 is 17.9 Å². The van der Waals surface area contributed by atoms with E-state index in [-0.39, 0.29) is 36.5 Å². The van der Waals surface area contributed by atoms with E-state index in [4.69, 9.17) is 4.74 Å². The number of methoxy groups -OCH3 is 1. The van der Waals surface area contributed by atoms with Gasteiger partial charge >= 0.3 is 0 Å². The summed E-state index contributed by atoms with van der Waals surface area (Å²) in [6.45, 7) is 4.47. The molecule has 2 amide bonds. The minimum absolute atomic E-state index is 0.112. The monoisotopic (exact) mass is 434 g/mol. The Hall–Kier alpha value is -3.08. The number of anilines is 1. The Morgan fingerprint density at radius 1 is 1.42 bits per heavy atom. The lowest BCUT2D eigenvalue weighted by Gasteiger charge is -2.37. The number of hydrogen-bond donors (Lipinski definition) is 3. The number of halogens is 2. The Labute approximate surface area is 177 Å². The number of likely N-dealkylation sites (tertiary alicyclic amines) is 1. The molecule has 1 saturated heterocycles. The molecule has 4 rings (SSSR count). The molecule has 2 aromatic heterocycles. The molecule has 3 N–H and O–H groups in total. The van der Waals surface area contributed by atoms with Crippen LogP contribution in [0.4, 0.5) is 14.6 Å². The number of nitrogens with zero attached hydrogens (tertiary/aromatic N) is 3. The number of aromatic amines is 1. The molecule has 0 spiro atoms. The molecule has 2 fully saturated rings. The van der Waals surface area contributed by atoms with Crippen LogP contribution in [0.2, 0.25) is 0 Å². The van der Waals surface area contributed by atoms with Gasteiger partial charge in [0.25, 0.3) is 11.8 Å². The zero-order valence-corrected chi connectivity index (χ0v) is 17.0. The molecule has 3 heterocycles. The van der Waals surface area contributed by atoms with Crippen LogP contribution < -0.4 is 10.6 Å². The van der Waals surface area contributed by atoms with Gasteiger partial charge in [-0.2, -0.15) is 0 Å². The van der Waals surface area contributed by atoms with E-state index in [1.165, 1.54) is 12.3 Å². The van der Waals surface area contributed by atoms with Crippen molar-refractivity contribution in [2.45, 2.75) is 43.4 Å². The summed E-state index contributed by atoms with van der Waals surface area (Å²) in [7, 11) is 1.58. The third-order valence-electron chi connectivity index (χ3n) is 5.73. The summed E-state index contributed by atoms with van der Waals surface area (Å²) in [5, 5.41) is 5.89. The van der Waals surface area contributed by atoms with Gasteiger partial charge in [0.1, 0.15) is 11.3 Å². The van der Waals surface area contributed by atoms with Gasteiger partial charge in [0.2, 0.25) is 5.91 Å². The Bertz CT molecular complexity index is 1000. The molecule has 0 bridgehead atoms. The molecule has 1 aliphatic heterocycles. The van der Waals surface area contributed by atoms with Crippen molar-refractivity contribution < 1.29 is 23.1 Å². The van der Waals surface area contributed by atoms with E-state index in [0.29, 0.717) is 36.5 Å². The number of rotatable bonds is 6. The SMILES string of the molecule is C=CC(=O)N1CC[C@H](Nc2cnc3[nH]cc(C(=O)NC4CC(F)(F)C4)c3n2)[C@H](OC)C1. The van der Waals surface area contributed by atoms with Gasteiger partial charge < -0.3 is 25.3 Å². The van der Waals surface area contributed by atoms with E-state index in [1.54, 1.807) is 18.2 Å². The number of piperidine rings is 1. The minimum Gasteiger partial charge on any atom is -0.377 e. The largest absolute Gasteiger partial charge is 0.377 e. The topological polar surface area (TPSA) is 112 Å². The van der Waals surface area contributed by atoms with Crippen LogP contribution in [0.3, 0.4) is 0 Å². The summed E-state index contributed by atoms with van der Waals surface area (Å²) in [6, 6.07) is -0.660. The van der Waals surface area contributed by atoms with E-state index >= 15 is 0 Å². The fourth-order valence-corrected chi connectivity index (χ4v) is 4.00. The molecule has 166 valence electrons. The van der Waals surface area contributed by atoms with Crippen molar-refractivity contribution in [1.82, 2.24) is 25.2 Å². The molecule has 31 heavy (non-hydrogen) atoms. The zero-order valence-electron chi connectivity index (χ0n) is 17.0. The number of fused-ring (bicyclic) bond motifs is 1. The highest BCUT2D eigenvalue weighted by atomic mass is 19.3.